The summed E-state index contributed by atoms with van der Waals surface area (Å²) < 4.78 is 24.6. The summed E-state index contributed by atoms with van der Waals surface area (Å²) in [5.74, 6) is 1.03. The van der Waals surface area contributed by atoms with Gasteiger partial charge in [-0.1, -0.05) is 12.8 Å². The number of hydrogen-bond donors (Lipinski definition) is 2. The van der Waals surface area contributed by atoms with E-state index in [0.717, 1.165) is 36.8 Å². The van der Waals surface area contributed by atoms with Crippen LogP contribution in [0.15, 0.2) is 47.3 Å². The fraction of sp³-hybridized carbons (Fsp3) is 0.333. The molecule has 166 valence electrons. The lowest BCUT2D eigenvalue weighted by Gasteiger charge is -2.31. The van der Waals surface area contributed by atoms with Crippen LogP contribution in [-0.4, -0.2) is 34.3 Å². The topological polar surface area (TPSA) is 66.6 Å². The smallest absolute Gasteiger partial charge is 0.253 e. The summed E-state index contributed by atoms with van der Waals surface area (Å²) >= 11 is 5.72. The Morgan fingerprint density at radius 2 is 1.78 bits per heavy atom. The molecule has 1 fully saturated rings. The van der Waals surface area contributed by atoms with Gasteiger partial charge in [0.05, 0.1) is 12.1 Å². The number of nitrogens with one attached hydrogen (secondary N) is 2. The first-order valence-electron chi connectivity index (χ1n) is 10.9. The van der Waals surface area contributed by atoms with Gasteiger partial charge in [0, 0.05) is 28.7 Å². The van der Waals surface area contributed by atoms with E-state index in [9.17, 15) is 9.18 Å². The second kappa shape index (κ2) is 8.78. The number of anilines is 1. The molecule has 2 N–H and O–H groups in total. The molecule has 2 aromatic carbocycles. The van der Waals surface area contributed by atoms with Crippen LogP contribution in [0.4, 0.5) is 10.1 Å². The number of H-pyrrole nitrogens is 1. The van der Waals surface area contributed by atoms with E-state index >= 15 is 0 Å². The fourth-order valence-electron chi connectivity index (χ4n) is 4.40. The maximum absolute atomic E-state index is 13.3. The number of hydrogen-bond acceptors (Lipinski definition) is 4. The number of nitrogens with zero attached hydrogens (tertiary/aromatic N) is 1. The van der Waals surface area contributed by atoms with E-state index in [4.69, 9.17) is 21.7 Å². The van der Waals surface area contributed by atoms with Gasteiger partial charge in [-0.05, 0) is 61.5 Å². The van der Waals surface area contributed by atoms with Crippen LogP contribution in [-0.2, 0) is 6.54 Å². The third-order valence-electron chi connectivity index (χ3n) is 6.05. The Morgan fingerprint density at radius 1 is 1.09 bits per heavy atom. The highest BCUT2D eigenvalue weighted by Gasteiger charge is 2.26. The molecule has 1 aromatic heterocycles. The van der Waals surface area contributed by atoms with Gasteiger partial charge in [0.1, 0.15) is 19.0 Å². The minimum Gasteiger partial charge on any atom is -0.486 e. The van der Waals surface area contributed by atoms with Gasteiger partial charge in [-0.15, -0.1) is 0 Å². The molecular formula is C24H24FN3O3S. The second-order valence-corrected chi connectivity index (χ2v) is 8.60. The highest BCUT2D eigenvalue weighted by molar-refractivity contribution is 7.80. The van der Waals surface area contributed by atoms with Gasteiger partial charge in [0.15, 0.2) is 16.6 Å². The van der Waals surface area contributed by atoms with Crippen LogP contribution in [0.25, 0.3) is 10.9 Å². The maximum atomic E-state index is 13.3. The Balaban J connectivity index is 1.44. The molecule has 5 rings (SSSR count). The molecule has 1 aliphatic heterocycles. The van der Waals surface area contributed by atoms with Crippen molar-refractivity contribution in [3.8, 4) is 11.5 Å². The lowest BCUT2D eigenvalue weighted by Crippen LogP contribution is -2.42. The van der Waals surface area contributed by atoms with Crippen LogP contribution in [0.2, 0.25) is 0 Å². The van der Waals surface area contributed by atoms with Crippen molar-refractivity contribution in [2.75, 3.05) is 18.5 Å². The lowest BCUT2D eigenvalue weighted by atomic mass is 10.1. The van der Waals surface area contributed by atoms with Crippen LogP contribution in [0.5, 0.6) is 11.5 Å². The van der Waals surface area contributed by atoms with E-state index in [-0.39, 0.29) is 17.4 Å². The Morgan fingerprint density at radius 3 is 2.50 bits per heavy atom. The average molecular weight is 454 g/mol. The molecule has 0 radical (unpaired) electrons. The average Bonchev–Trinajstić information content (AvgIpc) is 3.32. The number of halogens is 1. The van der Waals surface area contributed by atoms with Crippen LogP contribution in [0.3, 0.4) is 0 Å². The zero-order valence-electron chi connectivity index (χ0n) is 17.5. The number of fused-ring (bicyclic) bond motifs is 2. The number of thiocarbonyl (C=S) groups is 1. The van der Waals surface area contributed by atoms with Gasteiger partial charge < -0.3 is 24.7 Å². The van der Waals surface area contributed by atoms with Crippen molar-refractivity contribution in [1.29, 1.82) is 0 Å². The third-order valence-corrected chi connectivity index (χ3v) is 6.38. The number of pyridine rings is 1. The molecule has 1 aliphatic carbocycles. The van der Waals surface area contributed by atoms with Gasteiger partial charge >= 0.3 is 0 Å². The molecule has 0 saturated heterocycles. The van der Waals surface area contributed by atoms with Crippen molar-refractivity contribution in [3.63, 3.8) is 0 Å². The standard InChI is InChI=1S/C24H24FN3O3S/c25-17-5-7-18(8-6-17)26-24(32)28(19-3-1-2-4-19)14-16-11-15-12-21-22(31-10-9-30-21)13-20(15)27-23(16)29/h5-8,11-13,19H,1-4,9-10,14H2,(H,26,32)(H,27,29). The summed E-state index contributed by atoms with van der Waals surface area (Å²) in [5.41, 5.74) is 1.91. The van der Waals surface area contributed by atoms with Gasteiger partial charge in [-0.3, -0.25) is 4.79 Å². The Kier molecular flexibility index (Phi) is 5.70. The van der Waals surface area contributed by atoms with Gasteiger partial charge in [0.2, 0.25) is 0 Å². The van der Waals surface area contributed by atoms with Crippen LogP contribution < -0.4 is 20.3 Å². The van der Waals surface area contributed by atoms with Gasteiger partial charge in [-0.25, -0.2) is 4.39 Å². The van der Waals surface area contributed by atoms with Crippen molar-refractivity contribution in [3.05, 3.63) is 64.2 Å². The van der Waals surface area contributed by atoms with Crippen molar-refractivity contribution in [2.45, 2.75) is 38.3 Å². The molecule has 0 atom stereocenters. The molecule has 3 aromatic rings. The van der Waals surface area contributed by atoms with Crippen molar-refractivity contribution < 1.29 is 13.9 Å². The lowest BCUT2D eigenvalue weighted by molar-refractivity contribution is 0.172. The quantitative estimate of drug-likeness (QED) is 0.564. The summed E-state index contributed by atoms with van der Waals surface area (Å²) in [6.07, 6.45) is 4.32. The summed E-state index contributed by atoms with van der Waals surface area (Å²) in [6, 6.07) is 12.0. The molecule has 1 saturated carbocycles. The van der Waals surface area contributed by atoms with E-state index in [0.29, 0.717) is 47.5 Å². The third kappa shape index (κ3) is 4.27. The normalized spacial score (nSPS) is 15.7. The number of rotatable bonds is 4. The zero-order valence-corrected chi connectivity index (χ0v) is 18.3. The predicted octanol–water partition coefficient (Wildman–Crippen LogP) is 4.58. The molecule has 6 nitrogen and oxygen atoms in total. The van der Waals surface area contributed by atoms with E-state index in [2.05, 4.69) is 15.2 Å². The number of benzene rings is 2. The van der Waals surface area contributed by atoms with E-state index in [1.807, 2.05) is 18.2 Å². The molecule has 0 unspecified atom stereocenters. The minimum atomic E-state index is -0.298. The predicted molar refractivity (Wildman–Crippen MR) is 126 cm³/mol. The van der Waals surface area contributed by atoms with Gasteiger partial charge in [-0.2, -0.15) is 0 Å². The van der Waals surface area contributed by atoms with E-state index < -0.39 is 0 Å². The molecular weight excluding hydrogens is 429 g/mol. The SMILES string of the molecule is O=c1[nH]c2cc3c(cc2cc1CN(C(=S)Nc1ccc(F)cc1)C1CCCC1)OCCO3. The Hall–Kier alpha value is -3.13. The maximum Gasteiger partial charge on any atom is 0.253 e. The molecule has 32 heavy (non-hydrogen) atoms. The molecule has 2 heterocycles. The molecule has 0 bridgehead atoms. The minimum absolute atomic E-state index is 0.151. The van der Waals surface area contributed by atoms with Crippen LogP contribution in [0.1, 0.15) is 31.2 Å². The molecule has 0 spiro atoms. The summed E-state index contributed by atoms with van der Waals surface area (Å²) in [7, 11) is 0. The Bertz CT molecular complexity index is 1210. The largest absolute Gasteiger partial charge is 0.486 e. The molecule has 2 aliphatic rings. The number of aromatic amines is 1. The van der Waals surface area contributed by atoms with Crippen LogP contribution >= 0.6 is 12.2 Å². The number of ether oxygens (including phenoxy) is 2. The monoisotopic (exact) mass is 453 g/mol. The first-order valence-corrected chi connectivity index (χ1v) is 11.3. The van der Waals surface area contributed by atoms with E-state index in [1.165, 1.54) is 12.1 Å². The van der Waals surface area contributed by atoms with Crippen molar-refractivity contribution >= 4 is 33.9 Å². The number of aromatic nitrogens is 1. The van der Waals surface area contributed by atoms with Crippen LogP contribution in [0, 0.1) is 5.82 Å². The summed E-state index contributed by atoms with van der Waals surface area (Å²) in [4.78, 5) is 18.0. The highest BCUT2D eigenvalue weighted by atomic mass is 32.1. The van der Waals surface area contributed by atoms with Gasteiger partial charge in [0.25, 0.3) is 5.56 Å². The Labute approximate surface area is 190 Å². The summed E-state index contributed by atoms with van der Waals surface area (Å²) in [5, 5.41) is 4.62. The van der Waals surface area contributed by atoms with Crippen molar-refractivity contribution in [1.82, 2.24) is 9.88 Å². The first kappa shape index (κ1) is 20.8. The zero-order chi connectivity index (χ0) is 22.1. The molecule has 8 heteroatoms. The highest BCUT2D eigenvalue weighted by Crippen LogP contribution is 2.34. The first-order chi connectivity index (χ1) is 15.6. The fourth-order valence-corrected chi connectivity index (χ4v) is 4.73. The molecule has 0 amide bonds. The van der Waals surface area contributed by atoms with E-state index in [1.54, 1.807) is 12.1 Å². The second-order valence-electron chi connectivity index (χ2n) is 8.21. The van der Waals surface area contributed by atoms with Crippen molar-refractivity contribution in [2.24, 2.45) is 0 Å². The summed E-state index contributed by atoms with van der Waals surface area (Å²) in [6.45, 7) is 1.39.